The van der Waals surface area contributed by atoms with Crippen LogP contribution in [0, 0.1) is 0 Å². The van der Waals surface area contributed by atoms with Gasteiger partial charge in [0.25, 0.3) is 0 Å². The summed E-state index contributed by atoms with van der Waals surface area (Å²) in [6.45, 7) is 5.37. The fourth-order valence-electron chi connectivity index (χ4n) is 3.21. The zero-order valence-electron chi connectivity index (χ0n) is 14.4. The number of ether oxygens (including phenoxy) is 1. The van der Waals surface area contributed by atoms with Gasteiger partial charge in [0.1, 0.15) is 0 Å². The van der Waals surface area contributed by atoms with E-state index in [0.29, 0.717) is 0 Å². The maximum Gasteiger partial charge on any atom is 0.195 e. The molecule has 2 aliphatic heterocycles. The number of nitrogens with zero attached hydrogens (tertiary/aromatic N) is 2. The van der Waals surface area contributed by atoms with Gasteiger partial charge in [0.05, 0.1) is 19.8 Å². The van der Waals surface area contributed by atoms with Gasteiger partial charge in [0, 0.05) is 31.0 Å². The summed E-state index contributed by atoms with van der Waals surface area (Å²) in [5.41, 5.74) is 5.00. The van der Waals surface area contributed by atoms with Crippen LogP contribution in [0.5, 0.6) is 0 Å². The minimum Gasteiger partial charge on any atom is -0.378 e. The van der Waals surface area contributed by atoms with E-state index in [9.17, 15) is 0 Å². The minimum atomic E-state index is 0.823. The van der Waals surface area contributed by atoms with E-state index in [0.717, 1.165) is 57.5 Å². The van der Waals surface area contributed by atoms with E-state index in [-0.39, 0.29) is 0 Å². The summed E-state index contributed by atoms with van der Waals surface area (Å²) in [6, 6.07) is 17.5. The fourth-order valence-corrected chi connectivity index (χ4v) is 3.21. The molecule has 2 aliphatic rings. The number of aliphatic imine (C=N–C) groups is 1. The summed E-state index contributed by atoms with van der Waals surface area (Å²) in [6.07, 6.45) is 0.947. The van der Waals surface area contributed by atoms with Crippen molar-refractivity contribution in [2.24, 2.45) is 4.99 Å². The zero-order chi connectivity index (χ0) is 16.9. The van der Waals surface area contributed by atoms with E-state index < -0.39 is 0 Å². The first-order valence-electron chi connectivity index (χ1n) is 8.93. The molecule has 4 rings (SSSR count). The molecule has 0 aliphatic carbocycles. The van der Waals surface area contributed by atoms with Gasteiger partial charge in [-0.25, -0.2) is 0 Å². The molecule has 2 N–H and O–H groups in total. The first kappa shape index (κ1) is 16.0. The number of hydrogen-bond acceptors (Lipinski definition) is 5. The maximum atomic E-state index is 5.42. The second kappa shape index (κ2) is 7.57. The molecule has 0 aromatic heterocycles. The van der Waals surface area contributed by atoms with Gasteiger partial charge in [-0.2, -0.15) is 0 Å². The van der Waals surface area contributed by atoms with Crippen molar-refractivity contribution in [2.45, 2.75) is 6.42 Å². The minimum absolute atomic E-state index is 0.823. The van der Waals surface area contributed by atoms with Gasteiger partial charge in [-0.05, 0) is 41.8 Å². The molecule has 1 saturated heterocycles. The first-order chi connectivity index (χ1) is 12.4. The standard InChI is InChI=1S/C20H24N4O/c1-5-18(23-20-21-9-10-22-20)6-2-16(1)15-17-3-7-19(8-4-17)24-11-13-25-14-12-24/h1-8H,9-15H2,(H2,21,22,23). The van der Waals surface area contributed by atoms with Crippen molar-refractivity contribution >= 4 is 17.3 Å². The highest BCUT2D eigenvalue weighted by Crippen LogP contribution is 2.19. The molecule has 2 aromatic carbocycles. The fraction of sp³-hybridized carbons (Fsp3) is 0.350. The predicted molar refractivity (Wildman–Crippen MR) is 103 cm³/mol. The van der Waals surface area contributed by atoms with Crippen LogP contribution in [0.4, 0.5) is 11.4 Å². The molecular formula is C20H24N4O. The number of guanidine groups is 1. The van der Waals surface area contributed by atoms with Crippen molar-refractivity contribution in [1.29, 1.82) is 0 Å². The van der Waals surface area contributed by atoms with E-state index in [1.807, 2.05) is 0 Å². The molecular weight excluding hydrogens is 312 g/mol. The number of morpholine rings is 1. The Hall–Kier alpha value is -2.53. The van der Waals surface area contributed by atoms with Gasteiger partial charge in [0.2, 0.25) is 0 Å². The summed E-state index contributed by atoms with van der Waals surface area (Å²) in [4.78, 5) is 6.73. The van der Waals surface area contributed by atoms with Crippen molar-refractivity contribution < 1.29 is 4.74 Å². The van der Waals surface area contributed by atoms with Crippen LogP contribution in [0.2, 0.25) is 0 Å². The molecule has 0 amide bonds. The van der Waals surface area contributed by atoms with Crippen LogP contribution in [0.1, 0.15) is 11.1 Å². The maximum absolute atomic E-state index is 5.42. The molecule has 5 nitrogen and oxygen atoms in total. The van der Waals surface area contributed by atoms with Crippen molar-refractivity contribution in [3.05, 3.63) is 59.7 Å². The number of anilines is 2. The van der Waals surface area contributed by atoms with Gasteiger partial charge in [0.15, 0.2) is 5.96 Å². The van der Waals surface area contributed by atoms with Crippen LogP contribution >= 0.6 is 0 Å². The Kier molecular flexibility index (Phi) is 4.84. The average Bonchev–Trinajstić information content (AvgIpc) is 3.18. The lowest BCUT2D eigenvalue weighted by molar-refractivity contribution is 0.122. The number of hydrogen-bond donors (Lipinski definition) is 2. The average molecular weight is 336 g/mol. The van der Waals surface area contributed by atoms with Crippen molar-refractivity contribution in [1.82, 2.24) is 5.32 Å². The van der Waals surface area contributed by atoms with Crippen LogP contribution in [0.15, 0.2) is 53.5 Å². The van der Waals surface area contributed by atoms with Gasteiger partial charge in [-0.15, -0.1) is 0 Å². The van der Waals surface area contributed by atoms with Gasteiger partial charge < -0.3 is 20.3 Å². The summed E-state index contributed by atoms with van der Waals surface area (Å²) < 4.78 is 5.42. The Morgan fingerprint density at radius 2 is 1.64 bits per heavy atom. The predicted octanol–water partition coefficient (Wildman–Crippen LogP) is 2.49. The lowest BCUT2D eigenvalue weighted by Crippen LogP contribution is -2.36. The molecule has 130 valence electrons. The lowest BCUT2D eigenvalue weighted by atomic mass is 10.0. The van der Waals surface area contributed by atoms with Crippen molar-refractivity contribution in [3.63, 3.8) is 0 Å². The molecule has 1 fully saturated rings. The highest BCUT2D eigenvalue weighted by Gasteiger charge is 2.11. The molecule has 0 bridgehead atoms. The third-order valence-electron chi connectivity index (χ3n) is 4.61. The van der Waals surface area contributed by atoms with Crippen molar-refractivity contribution in [3.8, 4) is 0 Å². The molecule has 5 heteroatoms. The number of rotatable bonds is 4. The Labute approximate surface area is 148 Å². The second-order valence-electron chi connectivity index (χ2n) is 6.42. The van der Waals surface area contributed by atoms with Crippen molar-refractivity contribution in [2.75, 3.05) is 49.6 Å². The summed E-state index contributed by atoms with van der Waals surface area (Å²) in [5, 5.41) is 6.52. The topological polar surface area (TPSA) is 48.9 Å². The zero-order valence-corrected chi connectivity index (χ0v) is 14.4. The third-order valence-corrected chi connectivity index (χ3v) is 4.61. The Morgan fingerprint density at radius 3 is 2.28 bits per heavy atom. The Balaban J connectivity index is 1.36. The molecule has 0 spiro atoms. The molecule has 2 heterocycles. The van der Waals surface area contributed by atoms with Crippen LogP contribution in [0.25, 0.3) is 0 Å². The first-order valence-corrected chi connectivity index (χ1v) is 8.93. The van der Waals surface area contributed by atoms with Crippen LogP contribution < -0.4 is 15.5 Å². The summed E-state index contributed by atoms with van der Waals surface area (Å²) >= 11 is 0. The van der Waals surface area contributed by atoms with E-state index >= 15 is 0 Å². The lowest BCUT2D eigenvalue weighted by Gasteiger charge is -2.28. The van der Waals surface area contributed by atoms with Gasteiger partial charge in [-0.1, -0.05) is 24.3 Å². The largest absolute Gasteiger partial charge is 0.378 e. The third kappa shape index (κ3) is 4.12. The van der Waals surface area contributed by atoms with Crippen LogP contribution in [0.3, 0.4) is 0 Å². The van der Waals surface area contributed by atoms with Crippen LogP contribution in [-0.2, 0) is 11.2 Å². The summed E-state index contributed by atoms with van der Waals surface area (Å²) in [7, 11) is 0. The van der Waals surface area contributed by atoms with E-state index in [4.69, 9.17) is 4.74 Å². The number of nitrogens with one attached hydrogen (secondary N) is 2. The molecule has 25 heavy (non-hydrogen) atoms. The smallest absolute Gasteiger partial charge is 0.195 e. The normalized spacial score (nSPS) is 17.1. The molecule has 2 aromatic rings. The summed E-state index contributed by atoms with van der Waals surface area (Å²) in [5.74, 6) is 0.867. The van der Waals surface area contributed by atoms with E-state index in [1.54, 1.807) is 0 Å². The van der Waals surface area contributed by atoms with Gasteiger partial charge in [-0.3, -0.25) is 4.99 Å². The van der Waals surface area contributed by atoms with E-state index in [1.165, 1.54) is 16.8 Å². The molecule has 0 atom stereocenters. The van der Waals surface area contributed by atoms with Gasteiger partial charge >= 0.3 is 0 Å². The van der Waals surface area contributed by atoms with E-state index in [2.05, 4.69) is 69.1 Å². The SMILES string of the molecule is c1cc(NC2=NCCN2)ccc1Cc1ccc(N2CCOCC2)cc1. The Bertz CT molecular complexity index is 718. The second-order valence-corrected chi connectivity index (χ2v) is 6.42. The highest BCUT2D eigenvalue weighted by molar-refractivity contribution is 5.94. The highest BCUT2D eigenvalue weighted by atomic mass is 16.5. The Morgan fingerprint density at radius 1 is 0.960 bits per heavy atom. The van der Waals surface area contributed by atoms with Crippen LogP contribution in [-0.4, -0.2) is 45.4 Å². The quantitative estimate of drug-likeness (QED) is 0.901. The molecule has 0 radical (unpaired) electrons. The molecule has 0 unspecified atom stereocenters. The monoisotopic (exact) mass is 336 g/mol. The molecule has 0 saturated carbocycles. The number of benzene rings is 2.